The predicted octanol–water partition coefficient (Wildman–Crippen LogP) is 4.56. The van der Waals surface area contributed by atoms with Crippen LogP contribution in [-0.2, 0) is 10.2 Å². The Balaban J connectivity index is 1.52. The van der Waals surface area contributed by atoms with Crippen LogP contribution >= 0.6 is 11.3 Å². The van der Waals surface area contributed by atoms with Crippen molar-refractivity contribution >= 4 is 28.0 Å². The number of fused-ring (bicyclic) bond motifs is 1. The van der Waals surface area contributed by atoms with Gasteiger partial charge >= 0.3 is 0 Å². The summed E-state index contributed by atoms with van der Waals surface area (Å²) in [5.41, 5.74) is 0.451. The van der Waals surface area contributed by atoms with Crippen LogP contribution < -0.4 is 5.32 Å². The molecule has 4 heteroatoms. The van der Waals surface area contributed by atoms with E-state index in [1.54, 1.807) is 11.3 Å². The molecule has 4 rings (SSSR count). The van der Waals surface area contributed by atoms with Crippen molar-refractivity contribution < 1.29 is 9.90 Å². The first kappa shape index (κ1) is 17.3. The van der Waals surface area contributed by atoms with Gasteiger partial charge < -0.3 is 10.4 Å². The van der Waals surface area contributed by atoms with Gasteiger partial charge in [0.25, 0.3) is 0 Å². The minimum atomic E-state index is -0.716. The molecule has 0 bridgehead atoms. The molecule has 0 spiro atoms. The summed E-state index contributed by atoms with van der Waals surface area (Å²) < 4.78 is 0. The molecule has 1 saturated carbocycles. The summed E-state index contributed by atoms with van der Waals surface area (Å²) in [5, 5.41) is 17.9. The SMILES string of the molecule is O=C(NCC(O)c1cccc2ccccc12)C1(c2cccs2)CCCC1. The summed E-state index contributed by atoms with van der Waals surface area (Å²) in [6.45, 7) is 0.236. The van der Waals surface area contributed by atoms with Crippen molar-refractivity contribution in [2.24, 2.45) is 0 Å². The molecular weight excluding hydrogens is 342 g/mol. The van der Waals surface area contributed by atoms with Gasteiger partial charge in [0, 0.05) is 11.4 Å². The number of aliphatic hydroxyl groups excluding tert-OH is 1. The van der Waals surface area contributed by atoms with Crippen LogP contribution in [0.2, 0.25) is 0 Å². The molecule has 26 heavy (non-hydrogen) atoms. The normalized spacial score (nSPS) is 17.3. The molecule has 0 saturated heterocycles. The highest BCUT2D eigenvalue weighted by atomic mass is 32.1. The van der Waals surface area contributed by atoms with E-state index in [0.29, 0.717) is 0 Å². The second kappa shape index (κ2) is 7.22. The number of hydrogen-bond acceptors (Lipinski definition) is 3. The molecule has 1 aromatic heterocycles. The maximum atomic E-state index is 13.0. The lowest BCUT2D eigenvalue weighted by Gasteiger charge is -2.27. The molecule has 1 atom stereocenters. The van der Waals surface area contributed by atoms with Gasteiger partial charge in [-0.3, -0.25) is 4.79 Å². The number of benzene rings is 2. The van der Waals surface area contributed by atoms with Gasteiger partial charge in [-0.25, -0.2) is 0 Å². The Bertz CT molecular complexity index is 892. The fraction of sp³-hybridized carbons (Fsp3) is 0.318. The zero-order valence-electron chi connectivity index (χ0n) is 14.7. The number of aliphatic hydroxyl groups is 1. The minimum absolute atomic E-state index is 0.0525. The number of carbonyl (C=O) groups excluding carboxylic acids is 1. The van der Waals surface area contributed by atoms with Crippen LogP contribution in [0.25, 0.3) is 10.8 Å². The van der Waals surface area contributed by atoms with Crippen LogP contribution in [0.1, 0.15) is 42.2 Å². The fourth-order valence-corrected chi connectivity index (χ4v) is 5.11. The van der Waals surface area contributed by atoms with Crippen LogP contribution in [0.4, 0.5) is 0 Å². The number of carbonyl (C=O) groups is 1. The molecule has 134 valence electrons. The van der Waals surface area contributed by atoms with Gasteiger partial charge in [0.1, 0.15) is 0 Å². The van der Waals surface area contributed by atoms with Crippen LogP contribution in [0.5, 0.6) is 0 Å². The Morgan fingerprint density at radius 2 is 1.85 bits per heavy atom. The fourth-order valence-electron chi connectivity index (χ4n) is 4.12. The van der Waals surface area contributed by atoms with Gasteiger partial charge in [0.15, 0.2) is 0 Å². The molecule has 3 nitrogen and oxygen atoms in total. The summed E-state index contributed by atoms with van der Waals surface area (Å²) in [7, 11) is 0. The van der Waals surface area contributed by atoms with Crippen molar-refractivity contribution in [3.8, 4) is 0 Å². The molecule has 3 aromatic rings. The van der Waals surface area contributed by atoms with E-state index < -0.39 is 11.5 Å². The predicted molar refractivity (Wildman–Crippen MR) is 106 cm³/mol. The highest BCUT2D eigenvalue weighted by Gasteiger charge is 2.43. The van der Waals surface area contributed by atoms with Gasteiger partial charge in [0.2, 0.25) is 5.91 Å². The number of thiophene rings is 1. The third kappa shape index (κ3) is 3.04. The standard InChI is InChI=1S/C22H23NO2S/c24-19(18-10-5-8-16-7-1-2-9-17(16)18)15-23-21(25)22(12-3-4-13-22)20-11-6-14-26-20/h1-2,5-11,14,19,24H,3-4,12-13,15H2,(H,23,25). The molecule has 0 aliphatic heterocycles. The Morgan fingerprint density at radius 1 is 1.08 bits per heavy atom. The monoisotopic (exact) mass is 365 g/mol. The summed E-state index contributed by atoms with van der Waals surface area (Å²) in [5.74, 6) is 0.0525. The average Bonchev–Trinajstić information content (AvgIpc) is 3.37. The van der Waals surface area contributed by atoms with Crippen molar-refractivity contribution in [2.45, 2.75) is 37.2 Å². The van der Waals surface area contributed by atoms with Crippen LogP contribution in [0, 0.1) is 0 Å². The average molecular weight is 365 g/mol. The largest absolute Gasteiger partial charge is 0.387 e. The Kier molecular flexibility index (Phi) is 4.79. The number of rotatable bonds is 5. The Hall–Kier alpha value is -2.17. The molecule has 1 amide bonds. The van der Waals surface area contributed by atoms with Crippen molar-refractivity contribution in [3.63, 3.8) is 0 Å². The minimum Gasteiger partial charge on any atom is -0.387 e. The lowest BCUT2D eigenvalue weighted by molar-refractivity contribution is -0.127. The van der Waals surface area contributed by atoms with Crippen molar-refractivity contribution in [1.29, 1.82) is 0 Å². The van der Waals surface area contributed by atoms with E-state index in [1.807, 2.05) is 53.9 Å². The quantitative estimate of drug-likeness (QED) is 0.696. The molecule has 2 aromatic carbocycles. The second-order valence-corrected chi connectivity index (χ2v) is 8.01. The van der Waals surface area contributed by atoms with Crippen molar-refractivity contribution in [1.82, 2.24) is 5.32 Å². The molecule has 1 fully saturated rings. The molecule has 2 N–H and O–H groups in total. The van der Waals surface area contributed by atoms with Gasteiger partial charge in [0.05, 0.1) is 11.5 Å². The van der Waals surface area contributed by atoms with E-state index in [-0.39, 0.29) is 12.5 Å². The first-order valence-corrected chi connectivity index (χ1v) is 10.1. The van der Waals surface area contributed by atoms with Gasteiger partial charge in [-0.2, -0.15) is 0 Å². The van der Waals surface area contributed by atoms with Gasteiger partial charge in [-0.1, -0.05) is 61.4 Å². The van der Waals surface area contributed by atoms with Crippen molar-refractivity contribution in [3.05, 3.63) is 70.4 Å². The smallest absolute Gasteiger partial charge is 0.231 e. The van der Waals surface area contributed by atoms with E-state index >= 15 is 0 Å². The molecule has 0 radical (unpaired) electrons. The topological polar surface area (TPSA) is 49.3 Å². The zero-order valence-corrected chi connectivity index (χ0v) is 15.5. The van der Waals surface area contributed by atoms with Crippen LogP contribution in [0.3, 0.4) is 0 Å². The zero-order chi connectivity index (χ0) is 18.0. The van der Waals surface area contributed by atoms with Crippen molar-refractivity contribution in [2.75, 3.05) is 6.54 Å². The third-order valence-electron chi connectivity index (χ3n) is 5.52. The number of nitrogens with one attached hydrogen (secondary N) is 1. The van der Waals surface area contributed by atoms with Crippen LogP contribution in [-0.4, -0.2) is 17.6 Å². The molecule has 1 heterocycles. The Morgan fingerprint density at radius 3 is 2.62 bits per heavy atom. The summed E-state index contributed by atoms with van der Waals surface area (Å²) in [4.78, 5) is 14.2. The van der Waals surface area contributed by atoms with Gasteiger partial charge in [-0.05, 0) is 40.6 Å². The van der Waals surface area contributed by atoms with E-state index in [1.165, 1.54) is 0 Å². The first-order valence-electron chi connectivity index (χ1n) is 9.19. The lowest BCUT2D eigenvalue weighted by Crippen LogP contribution is -2.43. The highest BCUT2D eigenvalue weighted by Crippen LogP contribution is 2.43. The summed E-state index contributed by atoms with van der Waals surface area (Å²) >= 11 is 1.66. The van der Waals surface area contributed by atoms with Crippen LogP contribution in [0.15, 0.2) is 60.0 Å². The molecule has 1 aliphatic rings. The first-order chi connectivity index (χ1) is 12.7. The molecular formula is C22H23NO2S. The number of hydrogen-bond donors (Lipinski definition) is 2. The summed E-state index contributed by atoms with van der Waals surface area (Å²) in [6.07, 6.45) is 3.23. The Labute approximate surface area is 157 Å². The van der Waals surface area contributed by atoms with E-state index in [0.717, 1.165) is 46.9 Å². The third-order valence-corrected chi connectivity index (χ3v) is 6.60. The number of amides is 1. The highest BCUT2D eigenvalue weighted by molar-refractivity contribution is 7.10. The molecule has 1 aliphatic carbocycles. The second-order valence-electron chi connectivity index (χ2n) is 7.06. The van der Waals surface area contributed by atoms with E-state index in [9.17, 15) is 9.90 Å². The maximum Gasteiger partial charge on any atom is 0.231 e. The van der Waals surface area contributed by atoms with Gasteiger partial charge in [-0.15, -0.1) is 11.3 Å². The van der Waals surface area contributed by atoms with E-state index in [4.69, 9.17) is 0 Å². The molecule has 1 unspecified atom stereocenters. The lowest BCUT2D eigenvalue weighted by atomic mass is 9.83. The summed E-state index contributed by atoms with van der Waals surface area (Å²) in [6, 6.07) is 18.0. The maximum absolute atomic E-state index is 13.0. The van der Waals surface area contributed by atoms with E-state index in [2.05, 4.69) is 11.4 Å².